The summed E-state index contributed by atoms with van der Waals surface area (Å²) in [6, 6.07) is 9.82. The van der Waals surface area contributed by atoms with Crippen molar-refractivity contribution in [3.8, 4) is 0 Å². The van der Waals surface area contributed by atoms with Gasteiger partial charge in [0.1, 0.15) is 0 Å². The molecular formula is C40H66O4P2. The lowest BCUT2D eigenvalue weighted by atomic mass is 9.74. The van der Waals surface area contributed by atoms with Gasteiger partial charge in [-0.1, -0.05) is 121 Å². The summed E-state index contributed by atoms with van der Waals surface area (Å²) < 4.78 is 23.4. The van der Waals surface area contributed by atoms with Gasteiger partial charge < -0.3 is 18.9 Å². The van der Waals surface area contributed by atoms with Crippen molar-refractivity contribution in [2.24, 2.45) is 0 Å². The Morgan fingerprint density at radius 3 is 0.739 bits per heavy atom. The maximum absolute atomic E-state index is 5.85. The van der Waals surface area contributed by atoms with Crippen molar-refractivity contribution in [2.45, 2.75) is 129 Å². The molecule has 0 amide bonds. The number of ether oxygens (including phenoxy) is 4. The van der Waals surface area contributed by atoms with Gasteiger partial charge in [-0.25, -0.2) is 0 Å². The third kappa shape index (κ3) is 9.74. The van der Waals surface area contributed by atoms with Crippen LogP contribution in [0.5, 0.6) is 0 Å². The van der Waals surface area contributed by atoms with Gasteiger partial charge >= 0.3 is 0 Å². The summed E-state index contributed by atoms with van der Waals surface area (Å²) in [6.45, 7) is 35.0. The van der Waals surface area contributed by atoms with Crippen LogP contribution in [-0.2, 0) is 51.4 Å². The van der Waals surface area contributed by atoms with Crippen LogP contribution >= 0.6 is 15.7 Å². The zero-order valence-electron chi connectivity index (χ0n) is 32.7. The molecule has 0 aliphatic carbocycles. The van der Waals surface area contributed by atoms with Gasteiger partial charge in [-0.3, -0.25) is 0 Å². The van der Waals surface area contributed by atoms with E-state index in [1.165, 1.54) is 59.7 Å². The summed E-state index contributed by atoms with van der Waals surface area (Å²) in [7, 11) is 9.72. The molecule has 4 nitrogen and oxygen atoms in total. The average molecular weight is 673 g/mol. The minimum Gasteiger partial charge on any atom is -0.384 e. The predicted molar refractivity (Wildman–Crippen MR) is 203 cm³/mol. The van der Waals surface area contributed by atoms with Crippen LogP contribution in [0.3, 0.4) is 0 Å². The minimum atomic E-state index is -0.182. The van der Waals surface area contributed by atoms with Crippen LogP contribution < -0.4 is 10.6 Å². The van der Waals surface area contributed by atoms with Crippen molar-refractivity contribution in [1.82, 2.24) is 0 Å². The highest BCUT2D eigenvalue weighted by molar-refractivity contribution is 7.91. The lowest BCUT2D eigenvalue weighted by Crippen LogP contribution is -2.36. The molecule has 2 rings (SSSR count). The van der Waals surface area contributed by atoms with Crippen molar-refractivity contribution in [3.63, 3.8) is 0 Å². The van der Waals surface area contributed by atoms with E-state index < -0.39 is 0 Å². The number of benzene rings is 2. The van der Waals surface area contributed by atoms with Crippen molar-refractivity contribution >= 4 is 26.3 Å². The van der Waals surface area contributed by atoms with E-state index in [1.54, 1.807) is 0 Å². The van der Waals surface area contributed by atoms with Gasteiger partial charge in [0.25, 0.3) is 0 Å². The minimum absolute atomic E-state index is 0.000413. The first-order valence-electron chi connectivity index (χ1n) is 16.7. The van der Waals surface area contributed by atoms with Crippen molar-refractivity contribution in [3.05, 3.63) is 57.6 Å². The molecule has 0 aromatic heterocycles. The van der Waals surface area contributed by atoms with Crippen molar-refractivity contribution < 1.29 is 18.9 Å². The molecule has 0 N–H and O–H groups in total. The Kier molecular flexibility index (Phi) is 13.6. The van der Waals surface area contributed by atoms with E-state index in [0.29, 0.717) is 26.4 Å². The number of hydrogen-bond donors (Lipinski definition) is 0. The lowest BCUT2D eigenvalue weighted by molar-refractivity contribution is 0.144. The van der Waals surface area contributed by atoms with Crippen LogP contribution in [0.1, 0.15) is 130 Å². The molecule has 0 atom stereocenters. The summed E-state index contributed by atoms with van der Waals surface area (Å²) >= 11 is 0. The zero-order valence-corrected chi connectivity index (χ0v) is 34.5. The first-order valence-corrected chi connectivity index (χ1v) is 19.2. The van der Waals surface area contributed by atoms with Gasteiger partial charge in [-0.05, 0) is 59.9 Å². The Balaban J connectivity index is 3.23. The van der Waals surface area contributed by atoms with Crippen LogP contribution in [0.2, 0.25) is 0 Å². The molecule has 0 saturated heterocycles. The van der Waals surface area contributed by atoms with Crippen molar-refractivity contribution in [2.75, 3.05) is 54.9 Å². The summed E-state index contributed by atoms with van der Waals surface area (Å²) in [5.74, 6) is 0. The molecular weight excluding hydrogens is 606 g/mol. The Labute approximate surface area is 286 Å². The molecule has 46 heavy (non-hydrogen) atoms. The maximum Gasteiger partial charge on any atom is 0.0554 e. The molecule has 0 bridgehead atoms. The van der Waals surface area contributed by atoms with Crippen LogP contribution in [-0.4, -0.2) is 54.9 Å². The summed E-state index contributed by atoms with van der Waals surface area (Å²) in [5, 5.41) is 2.76. The predicted octanol–water partition coefficient (Wildman–Crippen LogP) is 9.74. The fourth-order valence-electron chi connectivity index (χ4n) is 6.27. The van der Waals surface area contributed by atoms with E-state index in [9.17, 15) is 0 Å². The van der Waals surface area contributed by atoms with E-state index in [0.717, 1.165) is 0 Å². The molecule has 0 spiro atoms. The topological polar surface area (TPSA) is 36.9 Å². The van der Waals surface area contributed by atoms with Gasteiger partial charge in [0.05, 0.1) is 26.4 Å². The number of methoxy groups -OCH3 is 4. The van der Waals surface area contributed by atoms with Gasteiger partial charge in [-0.15, -0.1) is 0 Å². The van der Waals surface area contributed by atoms with Gasteiger partial charge in [0.2, 0.25) is 0 Å². The van der Waals surface area contributed by atoms with Crippen LogP contribution in [0.25, 0.3) is 0 Å². The molecule has 0 aliphatic rings. The third-order valence-electron chi connectivity index (χ3n) is 9.14. The number of rotatable bonds is 14. The molecule has 2 aromatic rings. The molecule has 260 valence electrons. The Hall–Kier alpha value is -1.12. The summed E-state index contributed by atoms with van der Waals surface area (Å²) in [5.41, 5.74) is 7.40. The van der Waals surface area contributed by atoms with E-state index >= 15 is 0 Å². The van der Waals surface area contributed by atoms with Crippen LogP contribution in [0, 0.1) is 0 Å². The summed E-state index contributed by atoms with van der Waals surface area (Å²) in [4.78, 5) is 0. The van der Waals surface area contributed by atoms with Gasteiger partial charge in [0.15, 0.2) is 0 Å². The second-order valence-corrected chi connectivity index (χ2v) is 20.3. The molecule has 0 aliphatic heterocycles. The quantitative estimate of drug-likeness (QED) is 0.187. The standard InChI is InChI=1S/C40H66O4P2/c1-35(2,3)27-19-29(37(7,8)23-41-15)33(30(20-27)38(9,10)24-42-16)45-46-34-31(39(11,12)25-43-17)21-28(36(4,5)6)22-32(34)40(13,14)26-44-18/h19-22H,23-26H2,1-18H3. The Morgan fingerprint density at radius 1 is 0.391 bits per heavy atom. The highest BCUT2D eigenvalue weighted by Gasteiger charge is 2.35. The van der Waals surface area contributed by atoms with E-state index in [-0.39, 0.29) is 32.5 Å². The molecule has 6 heteroatoms. The fraction of sp³-hybridized carbons (Fsp3) is 0.700. The van der Waals surface area contributed by atoms with Gasteiger partial charge in [0, 0.05) is 60.7 Å². The molecule has 0 radical (unpaired) electrons. The SMILES string of the molecule is COCC(C)(C)c1cc(C(C)(C)C)cc(C(C)(C)COC)c1P=Pc1c(C(C)(C)COC)cc(C(C)(C)C)cc1C(C)(C)COC. The second kappa shape index (κ2) is 15.2. The Bertz CT molecular complexity index is 1170. The van der Waals surface area contributed by atoms with E-state index in [1.807, 2.05) is 28.4 Å². The smallest absolute Gasteiger partial charge is 0.0554 e. The van der Waals surface area contributed by atoms with Gasteiger partial charge in [-0.2, -0.15) is 0 Å². The van der Waals surface area contributed by atoms with Crippen molar-refractivity contribution in [1.29, 1.82) is 0 Å². The molecule has 0 saturated carbocycles. The highest BCUT2D eigenvalue weighted by Crippen LogP contribution is 2.41. The Morgan fingerprint density at radius 2 is 0.587 bits per heavy atom. The molecule has 0 unspecified atom stereocenters. The molecule has 2 aromatic carbocycles. The average Bonchev–Trinajstić information content (AvgIpc) is 2.89. The van der Waals surface area contributed by atoms with Crippen LogP contribution in [0.15, 0.2) is 24.3 Å². The van der Waals surface area contributed by atoms with Crippen LogP contribution in [0.4, 0.5) is 0 Å². The van der Waals surface area contributed by atoms with E-state index in [4.69, 9.17) is 18.9 Å². The third-order valence-corrected chi connectivity index (χ3v) is 12.1. The lowest BCUT2D eigenvalue weighted by Gasteiger charge is -2.36. The second-order valence-electron chi connectivity index (χ2n) is 17.8. The first kappa shape index (κ1) is 41.1. The van der Waals surface area contributed by atoms with E-state index in [2.05, 4.69) is 121 Å². The molecule has 0 heterocycles. The first-order chi connectivity index (χ1) is 20.9. The largest absolute Gasteiger partial charge is 0.384 e. The highest BCUT2D eigenvalue weighted by atomic mass is 31.7. The monoisotopic (exact) mass is 672 g/mol. The summed E-state index contributed by atoms with van der Waals surface area (Å²) in [6.07, 6.45) is 0. The number of hydrogen-bond acceptors (Lipinski definition) is 4. The fourth-order valence-corrected chi connectivity index (χ4v) is 10.3. The zero-order chi connectivity index (χ0) is 35.5. The normalized spacial score (nSPS) is 14.0. The molecule has 0 fully saturated rings. The maximum atomic E-state index is 5.85.